The summed E-state index contributed by atoms with van der Waals surface area (Å²) >= 11 is 1.69. The number of benzene rings is 1. The number of anilines is 1. The number of hydrazine groups is 1. The topological polar surface area (TPSA) is 108 Å². The molecule has 1 aromatic rings. The molecule has 2 unspecified atom stereocenters. The maximum absolute atomic E-state index is 11.9. The van der Waals surface area contributed by atoms with Gasteiger partial charge in [-0.1, -0.05) is 19.1 Å². The highest BCUT2D eigenvalue weighted by atomic mass is 32.2. The predicted octanol–water partition coefficient (Wildman–Crippen LogP) is 0.274. The Morgan fingerprint density at radius 1 is 1.24 bits per heavy atom. The lowest BCUT2D eigenvalue weighted by Crippen LogP contribution is -2.52. The van der Waals surface area contributed by atoms with Crippen molar-refractivity contribution < 1.29 is 14.7 Å². The van der Waals surface area contributed by atoms with Gasteiger partial charge in [-0.3, -0.25) is 20.4 Å². The van der Waals surface area contributed by atoms with Crippen molar-refractivity contribution in [3.8, 4) is 0 Å². The zero-order valence-corrected chi connectivity index (χ0v) is 15.8. The van der Waals surface area contributed by atoms with E-state index in [9.17, 15) is 14.7 Å². The van der Waals surface area contributed by atoms with E-state index in [0.29, 0.717) is 6.42 Å². The number of aliphatic hydroxyl groups excluding tert-OH is 1. The molecule has 0 saturated heterocycles. The highest BCUT2D eigenvalue weighted by Crippen LogP contribution is 2.12. The van der Waals surface area contributed by atoms with Gasteiger partial charge in [-0.2, -0.15) is 11.8 Å². The summed E-state index contributed by atoms with van der Waals surface area (Å²) in [6.07, 6.45) is -0.695. The highest BCUT2D eigenvalue weighted by molar-refractivity contribution is 7.99. The van der Waals surface area contributed by atoms with Gasteiger partial charge in [-0.05, 0) is 35.6 Å². The number of carbonyl (C=O) groups excluding carboxylic acids is 2. The fraction of sp³-hybridized carbons (Fsp3) is 0.529. The molecule has 8 heteroatoms. The van der Waals surface area contributed by atoms with Crippen LogP contribution < -0.4 is 21.5 Å². The van der Waals surface area contributed by atoms with Crippen LogP contribution in [0.2, 0.25) is 0 Å². The van der Waals surface area contributed by atoms with Crippen molar-refractivity contribution in [2.24, 2.45) is 5.73 Å². The standard InChI is InChI=1S/C17H28N4O3S/c1-4-25-10-9-14(18)16(23)17(24)20-19-15(22)11-12-5-7-13(8-6-12)21(2)3/h5-8,14,16,23H,4,9-11,18H2,1-3H3,(H,19,22)(H,20,24). The lowest BCUT2D eigenvalue weighted by atomic mass is 10.1. The van der Waals surface area contributed by atoms with E-state index in [1.165, 1.54) is 0 Å². The number of nitrogens with two attached hydrogens (primary N) is 1. The first-order valence-electron chi connectivity index (χ1n) is 8.21. The minimum absolute atomic E-state index is 0.128. The van der Waals surface area contributed by atoms with Gasteiger partial charge >= 0.3 is 0 Å². The number of rotatable bonds is 9. The number of hydrogen-bond acceptors (Lipinski definition) is 6. The smallest absolute Gasteiger partial charge is 0.268 e. The number of carbonyl (C=O) groups is 2. The first-order valence-corrected chi connectivity index (χ1v) is 9.37. The molecule has 7 nitrogen and oxygen atoms in total. The highest BCUT2D eigenvalue weighted by Gasteiger charge is 2.22. The Balaban J connectivity index is 2.38. The molecule has 0 saturated carbocycles. The molecule has 2 atom stereocenters. The molecule has 0 aliphatic heterocycles. The van der Waals surface area contributed by atoms with E-state index in [0.717, 1.165) is 22.8 Å². The molecule has 0 aliphatic rings. The lowest BCUT2D eigenvalue weighted by Gasteiger charge is -2.18. The van der Waals surface area contributed by atoms with E-state index in [4.69, 9.17) is 5.73 Å². The number of aliphatic hydroxyl groups is 1. The Morgan fingerprint density at radius 2 is 1.88 bits per heavy atom. The average Bonchev–Trinajstić information content (AvgIpc) is 2.59. The quantitative estimate of drug-likeness (QED) is 0.368. The van der Waals surface area contributed by atoms with Crippen molar-refractivity contribution in [3.63, 3.8) is 0 Å². The summed E-state index contributed by atoms with van der Waals surface area (Å²) in [5.74, 6) is 0.663. The van der Waals surface area contributed by atoms with Gasteiger partial charge in [0, 0.05) is 25.8 Å². The Hall–Kier alpha value is -1.77. The molecule has 0 heterocycles. The maximum Gasteiger partial charge on any atom is 0.268 e. The van der Waals surface area contributed by atoms with Crippen LogP contribution in [-0.2, 0) is 16.0 Å². The third-order valence-electron chi connectivity index (χ3n) is 3.62. The van der Waals surface area contributed by atoms with Gasteiger partial charge in [-0.15, -0.1) is 0 Å². The summed E-state index contributed by atoms with van der Waals surface area (Å²) < 4.78 is 0. The fourth-order valence-corrected chi connectivity index (χ4v) is 2.79. The third kappa shape index (κ3) is 7.76. The van der Waals surface area contributed by atoms with E-state index in [1.807, 2.05) is 50.2 Å². The van der Waals surface area contributed by atoms with Crippen molar-refractivity contribution in [2.75, 3.05) is 30.5 Å². The SMILES string of the molecule is CCSCCC(N)C(O)C(=O)NNC(=O)Cc1ccc(N(C)C)cc1. The van der Waals surface area contributed by atoms with Crippen molar-refractivity contribution >= 4 is 29.3 Å². The van der Waals surface area contributed by atoms with Gasteiger partial charge in [0.15, 0.2) is 0 Å². The number of nitrogens with zero attached hydrogens (tertiary/aromatic N) is 1. The van der Waals surface area contributed by atoms with Gasteiger partial charge in [-0.25, -0.2) is 0 Å². The van der Waals surface area contributed by atoms with Crippen LogP contribution in [0.4, 0.5) is 5.69 Å². The number of thioether (sulfide) groups is 1. The molecule has 25 heavy (non-hydrogen) atoms. The zero-order valence-electron chi connectivity index (χ0n) is 15.0. The maximum atomic E-state index is 11.9. The van der Waals surface area contributed by atoms with Crippen LogP contribution in [0.5, 0.6) is 0 Å². The van der Waals surface area contributed by atoms with Gasteiger partial charge in [0.1, 0.15) is 6.10 Å². The molecule has 0 radical (unpaired) electrons. The summed E-state index contributed by atoms with van der Waals surface area (Å²) in [7, 11) is 3.88. The zero-order chi connectivity index (χ0) is 18.8. The van der Waals surface area contributed by atoms with E-state index in [2.05, 4.69) is 10.9 Å². The van der Waals surface area contributed by atoms with Crippen LogP contribution in [-0.4, -0.2) is 54.7 Å². The second-order valence-electron chi connectivity index (χ2n) is 5.87. The minimum atomic E-state index is -1.35. The van der Waals surface area contributed by atoms with Crippen LogP contribution in [0.1, 0.15) is 18.9 Å². The first-order chi connectivity index (χ1) is 11.8. The van der Waals surface area contributed by atoms with Crippen LogP contribution in [0, 0.1) is 0 Å². The Kier molecular flexibility index (Phi) is 9.33. The molecule has 0 bridgehead atoms. The monoisotopic (exact) mass is 368 g/mol. The second kappa shape index (κ2) is 11.0. The van der Waals surface area contributed by atoms with E-state index in [-0.39, 0.29) is 12.3 Å². The van der Waals surface area contributed by atoms with Crippen LogP contribution >= 0.6 is 11.8 Å². The lowest BCUT2D eigenvalue weighted by molar-refractivity contribution is -0.134. The molecule has 0 aliphatic carbocycles. The molecule has 2 amide bonds. The van der Waals surface area contributed by atoms with E-state index >= 15 is 0 Å². The number of nitrogens with one attached hydrogen (secondary N) is 2. The first kappa shape index (κ1) is 21.3. The van der Waals surface area contributed by atoms with Crippen molar-refractivity contribution in [1.82, 2.24) is 10.9 Å². The summed E-state index contributed by atoms with van der Waals surface area (Å²) in [6.45, 7) is 2.03. The fourth-order valence-electron chi connectivity index (χ4n) is 2.06. The van der Waals surface area contributed by atoms with Gasteiger partial charge < -0.3 is 15.7 Å². The van der Waals surface area contributed by atoms with Crippen LogP contribution in [0.15, 0.2) is 24.3 Å². The van der Waals surface area contributed by atoms with Crippen molar-refractivity contribution in [2.45, 2.75) is 31.9 Å². The van der Waals surface area contributed by atoms with Gasteiger partial charge in [0.05, 0.1) is 6.42 Å². The Morgan fingerprint density at radius 3 is 2.44 bits per heavy atom. The second-order valence-corrected chi connectivity index (χ2v) is 7.26. The molecule has 0 spiro atoms. The Bertz CT molecular complexity index is 551. The van der Waals surface area contributed by atoms with Crippen molar-refractivity contribution in [1.29, 1.82) is 0 Å². The third-order valence-corrected chi connectivity index (χ3v) is 4.55. The molecular weight excluding hydrogens is 340 g/mol. The number of amides is 2. The van der Waals surface area contributed by atoms with E-state index < -0.39 is 18.1 Å². The molecule has 1 rings (SSSR count). The summed E-state index contributed by atoms with van der Waals surface area (Å²) in [5, 5.41) is 9.87. The Labute approximate surface area is 153 Å². The van der Waals surface area contributed by atoms with Gasteiger partial charge in [0.2, 0.25) is 5.91 Å². The molecule has 140 valence electrons. The minimum Gasteiger partial charge on any atom is -0.382 e. The molecule has 1 aromatic carbocycles. The summed E-state index contributed by atoms with van der Waals surface area (Å²) in [4.78, 5) is 25.7. The molecule has 0 fully saturated rings. The molecule has 5 N–H and O–H groups in total. The average molecular weight is 369 g/mol. The van der Waals surface area contributed by atoms with Crippen LogP contribution in [0.3, 0.4) is 0 Å². The summed E-state index contributed by atoms with van der Waals surface area (Å²) in [6, 6.07) is 6.88. The molecular formula is C17H28N4O3S. The number of hydrogen-bond donors (Lipinski definition) is 4. The summed E-state index contributed by atoms with van der Waals surface area (Å²) in [5.41, 5.74) is 12.2. The molecule has 0 aromatic heterocycles. The van der Waals surface area contributed by atoms with Crippen LogP contribution in [0.25, 0.3) is 0 Å². The predicted molar refractivity (Wildman–Crippen MR) is 102 cm³/mol. The normalized spacial score (nSPS) is 13.0. The van der Waals surface area contributed by atoms with Crippen molar-refractivity contribution in [3.05, 3.63) is 29.8 Å². The van der Waals surface area contributed by atoms with E-state index in [1.54, 1.807) is 11.8 Å². The van der Waals surface area contributed by atoms with Gasteiger partial charge in [0.25, 0.3) is 5.91 Å². The largest absolute Gasteiger partial charge is 0.382 e.